The van der Waals surface area contributed by atoms with Crippen molar-refractivity contribution in [3.8, 4) is 0 Å². The van der Waals surface area contributed by atoms with Crippen molar-refractivity contribution in [2.24, 2.45) is 0 Å². The summed E-state index contributed by atoms with van der Waals surface area (Å²) in [6.45, 7) is 0. The molecule has 72 valence electrons. The zero-order valence-electron chi connectivity index (χ0n) is 7.07. The smallest absolute Gasteiger partial charge is 0.204 e. The average Bonchev–Trinajstić information content (AvgIpc) is 2.75. The molecule has 0 unspecified atom stereocenters. The zero-order chi connectivity index (χ0) is 9.97. The minimum atomic E-state index is -0.105. The average molecular weight is 228 g/mol. The Hall–Kier alpha value is -1.13. The Kier molecular flexibility index (Phi) is 2.65. The monoisotopic (exact) mass is 227 g/mol. The lowest BCUT2D eigenvalue weighted by Crippen LogP contribution is -2.01. The van der Waals surface area contributed by atoms with Crippen molar-refractivity contribution in [1.82, 2.24) is 4.98 Å². The van der Waals surface area contributed by atoms with Gasteiger partial charge >= 0.3 is 0 Å². The molecule has 14 heavy (non-hydrogen) atoms. The van der Waals surface area contributed by atoms with Crippen LogP contribution in [-0.4, -0.2) is 10.8 Å². The molecule has 0 saturated carbocycles. The summed E-state index contributed by atoms with van der Waals surface area (Å²) in [5, 5.41) is 2.84. The maximum atomic E-state index is 11.5. The molecule has 0 spiro atoms. The molecule has 5 heteroatoms. The molecule has 0 atom stereocenters. The van der Waals surface area contributed by atoms with Gasteiger partial charge in [0.05, 0.1) is 6.42 Å². The third kappa shape index (κ3) is 2.02. The van der Waals surface area contributed by atoms with Gasteiger partial charge in [0.15, 0.2) is 11.0 Å². The van der Waals surface area contributed by atoms with Crippen molar-refractivity contribution < 1.29 is 9.21 Å². The van der Waals surface area contributed by atoms with Gasteiger partial charge in [0.1, 0.15) is 5.01 Å². The van der Waals surface area contributed by atoms with E-state index in [-0.39, 0.29) is 23.2 Å². The molecule has 3 nitrogen and oxygen atoms in total. The van der Waals surface area contributed by atoms with E-state index in [1.54, 1.807) is 18.3 Å². The molecule has 0 amide bonds. The van der Waals surface area contributed by atoms with E-state index in [2.05, 4.69) is 4.98 Å². The molecular weight excluding hydrogens is 222 g/mol. The van der Waals surface area contributed by atoms with Gasteiger partial charge in [-0.15, -0.1) is 11.3 Å². The van der Waals surface area contributed by atoms with Crippen LogP contribution >= 0.6 is 22.9 Å². The summed E-state index contributed by atoms with van der Waals surface area (Å²) in [5.74, 6) is 0.178. The minimum absolute atomic E-state index is 0.105. The lowest BCUT2D eigenvalue weighted by Gasteiger charge is -1.92. The summed E-state index contributed by atoms with van der Waals surface area (Å²) in [6.07, 6.45) is 1.93. The second-order valence-electron chi connectivity index (χ2n) is 2.63. The van der Waals surface area contributed by atoms with Gasteiger partial charge in [-0.05, 0) is 23.7 Å². The summed E-state index contributed by atoms with van der Waals surface area (Å²) in [7, 11) is 0. The van der Waals surface area contributed by atoms with Gasteiger partial charge in [0.2, 0.25) is 5.78 Å². The first-order chi connectivity index (χ1) is 6.75. The highest BCUT2D eigenvalue weighted by atomic mass is 35.5. The van der Waals surface area contributed by atoms with E-state index in [1.165, 1.54) is 11.3 Å². The molecule has 2 aromatic heterocycles. The van der Waals surface area contributed by atoms with Crippen LogP contribution in [-0.2, 0) is 6.42 Å². The van der Waals surface area contributed by atoms with Crippen LogP contribution < -0.4 is 0 Å². The highest BCUT2D eigenvalue weighted by Crippen LogP contribution is 2.16. The highest BCUT2D eigenvalue weighted by Gasteiger charge is 2.12. The number of rotatable bonds is 3. The number of aromatic nitrogens is 1. The largest absolute Gasteiger partial charge is 0.442 e. The number of Topliss-reactive ketones (excluding diaryl/α,β-unsaturated/α-hetero) is 1. The van der Waals surface area contributed by atoms with E-state index >= 15 is 0 Å². The van der Waals surface area contributed by atoms with Gasteiger partial charge < -0.3 is 4.42 Å². The first-order valence-corrected chi connectivity index (χ1v) is 5.18. The molecule has 0 radical (unpaired) electrons. The fourth-order valence-electron chi connectivity index (χ4n) is 1.03. The molecular formula is C9H6ClNO2S. The van der Waals surface area contributed by atoms with Crippen molar-refractivity contribution in [3.05, 3.63) is 39.7 Å². The first kappa shape index (κ1) is 9.43. The Morgan fingerprint density at radius 2 is 2.43 bits per heavy atom. The van der Waals surface area contributed by atoms with Crippen molar-refractivity contribution in [3.63, 3.8) is 0 Å². The van der Waals surface area contributed by atoms with Crippen LogP contribution in [0.25, 0.3) is 0 Å². The lowest BCUT2D eigenvalue weighted by molar-refractivity contribution is 0.0966. The van der Waals surface area contributed by atoms with Crippen LogP contribution in [0.4, 0.5) is 0 Å². The Morgan fingerprint density at radius 3 is 3.00 bits per heavy atom. The normalized spacial score (nSPS) is 10.4. The third-order valence-electron chi connectivity index (χ3n) is 1.64. The van der Waals surface area contributed by atoms with E-state index in [9.17, 15) is 4.79 Å². The van der Waals surface area contributed by atoms with Crippen molar-refractivity contribution in [2.75, 3.05) is 0 Å². The van der Waals surface area contributed by atoms with Crippen LogP contribution in [0.1, 0.15) is 15.6 Å². The van der Waals surface area contributed by atoms with E-state index in [4.69, 9.17) is 16.0 Å². The number of ketones is 1. The predicted molar refractivity (Wildman–Crippen MR) is 53.9 cm³/mol. The van der Waals surface area contributed by atoms with Crippen LogP contribution in [0, 0.1) is 0 Å². The van der Waals surface area contributed by atoms with Crippen LogP contribution in [0.2, 0.25) is 5.22 Å². The molecule has 0 aliphatic heterocycles. The lowest BCUT2D eigenvalue weighted by atomic mass is 10.2. The Bertz CT molecular complexity index is 435. The number of furan rings is 1. The maximum Gasteiger partial charge on any atom is 0.204 e. The summed E-state index contributed by atoms with van der Waals surface area (Å²) >= 11 is 7.00. The Morgan fingerprint density at radius 1 is 1.57 bits per heavy atom. The highest BCUT2D eigenvalue weighted by molar-refractivity contribution is 7.09. The number of hydrogen-bond donors (Lipinski definition) is 0. The zero-order valence-corrected chi connectivity index (χ0v) is 8.64. The van der Waals surface area contributed by atoms with Crippen molar-refractivity contribution in [1.29, 1.82) is 0 Å². The Labute approximate surface area is 89.3 Å². The number of carbonyl (C=O) groups excluding carboxylic acids is 1. The topological polar surface area (TPSA) is 43.1 Å². The fourth-order valence-corrected chi connectivity index (χ4v) is 1.79. The molecule has 0 aliphatic rings. The summed E-state index contributed by atoms with van der Waals surface area (Å²) in [5.41, 5.74) is 0. The van der Waals surface area contributed by atoms with Gasteiger partial charge in [-0.1, -0.05) is 0 Å². The SMILES string of the molecule is O=C(Cc1nccs1)c1ccc(Cl)o1. The van der Waals surface area contributed by atoms with E-state index in [0.717, 1.165) is 5.01 Å². The van der Waals surface area contributed by atoms with Crippen molar-refractivity contribution >= 4 is 28.7 Å². The van der Waals surface area contributed by atoms with Gasteiger partial charge in [0.25, 0.3) is 0 Å². The van der Waals surface area contributed by atoms with Crippen LogP contribution in [0.5, 0.6) is 0 Å². The molecule has 0 bridgehead atoms. The molecule has 2 aromatic rings. The molecule has 2 heterocycles. The van der Waals surface area contributed by atoms with Crippen LogP contribution in [0.3, 0.4) is 0 Å². The van der Waals surface area contributed by atoms with Gasteiger partial charge in [-0.2, -0.15) is 0 Å². The summed E-state index contributed by atoms with van der Waals surface area (Å²) < 4.78 is 4.99. The number of halogens is 1. The van der Waals surface area contributed by atoms with E-state index in [0.29, 0.717) is 0 Å². The quantitative estimate of drug-likeness (QED) is 0.758. The molecule has 0 aliphatic carbocycles. The maximum absolute atomic E-state index is 11.5. The number of nitrogens with zero attached hydrogens (tertiary/aromatic N) is 1. The second-order valence-corrected chi connectivity index (χ2v) is 3.98. The van der Waals surface area contributed by atoms with E-state index in [1.807, 2.05) is 5.38 Å². The molecule has 0 fully saturated rings. The standard InChI is InChI=1S/C9H6ClNO2S/c10-8-2-1-7(13-8)6(12)5-9-11-3-4-14-9/h1-4H,5H2. The fraction of sp³-hybridized carbons (Fsp3) is 0.111. The number of thiazole rings is 1. The van der Waals surface area contributed by atoms with Crippen molar-refractivity contribution in [2.45, 2.75) is 6.42 Å². The minimum Gasteiger partial charge on any atom is -0.442 e. The second kappa shape index (κ2) is 3.94. The van der Waals surface area contributed by atoms with Gasteiger partial charge in [-0.3, -0.25) is 4.79 Å². The molecule has 2 rings (SSSR count). The first-order valence-electron chi connectivity index (χ1n) is 3.92. The number of hydrogen-bond acceptors (Lipinski definition) is 4. The molecule has 0 N–H and O–H groups in total. The van der Waals surface area contributed by atoms with E-state index < -0.39 is 0 Å². The predicted octanol–water partition coefficient (Wildman–Crippen LogP) is 2.81. The summed E-state index contributed by atoms with van der Waals surface area (Å²) in [4.78, 5) is 15.6. The van der Waals surface area contributed by atoms with Gasteiger partial charge in [0, 0.05) is 11.6 Å². The molecule has 0 saturated heterocycles. The number of carbonyl (C=O) groups is 1. The van der Waals surface area contributed by atoms with Crippen LogP contribution in [0.15, 0.2) is 28.1 Å². The van der Waals surface area contributed by atoms with Gasteiger partial charge in [-0.25, -0.2) is 4.98 Å². The summed E-state index contributed by atoms with van der Waals surface area (Å²) in [6, 6.07) is 3.12. The third-order valence-corrected chi connectivity index (χ3v) is 2.63. The Balaban J connectivity index is 2.10. The molecule has 0 aromatic carbocycles.